The summed E-state index contributed by atoms with van der Waals surface area (Å²) in [4.78, 5) is 28.0. The van der Waals surface area contributed by atoms with Gasteiger partial charge in [-0.25, -0.2) is 0 Å². The number of benzene rings is 2. The van der Waals surface area contributed by atoms with Crippen molar-refractivity contribution in [3.05, 3.63) is 59.7 Å². The molecule has 0 N–H and O–H groups in total. The Kier molecular flexibility index (Phi) is 4.60. The zero-order valence-electron chi connectivity index (χ0n) is 19.5. The van der Waals surface area contributed by atoms with Crippen LogP contribution in [0.15, 0.2) is 48.5 Å². The van der Waals surface area contributed by atoms with E-state index in [-0.39, 0.29) is 22.4 Å². The topological polar surface area (TPSA) is 52.6 Å². The highest BCUT2D eigenvalue weighted by Crippen LogP contribution is 2.74. The fraction of sp³-hybridized carbons (Fsp3) is 0.500. The van der Waals surface area contributed by atoms with Crippen LogP contribution in [0.1, 0.15) is 73.1 Å². The summed E-state index contributed by atoms with van der Waals surface area (Å²) in [5.74, 6) is 1.89. The van der Waals surface area contributed by atoms with E-state index in [1.807, 2.05) is 48.5 Å². The van der Waals surface area contributed by atoms with Crippen molar-refractivity contribution in [3.8, 4) is 11.5 Å². The largest absolute Gasteiger partial charge is 0.497 e. The predicted molar refractivity (Wildman–Crippen MR) is 123 cm³/mol. The van der Waals surface area contributed by atoms with Crippen LogP contribution in [-0.4, -0.2) is 25.8 Å². The summed E-state index contributed by atoms with van der Waals surface area (Å²) in [5.41, 5.74) is 0.518. The SMILES string of the molecule is COc1ccc(C(=O)C23CC4(C)CC(C)(C2)CC(C(=O)c2ccc(OC)cc2)(C4)C3)cc1. The van der Waals surface area contributed by atoms with E-state index >= 15 is 0 Å². The maximum Gasteiger partial charge on any atom is 0.169 e. The van der Waals surface area contributed by atoms with Gasteiger partial charge in [0.25, 0.3) is 0 Å². The Balaban J connectivity index is 1.55. The molecule has 2 aromatic rings. The van der Waals surface area contributed by atoms with Gasteiger partial charge >= 0.3 is 0 Å². The highest BCUT2D eigenvalue weighted by atomic mass is 16.5. The van der Waals surface area contributed by atoms with Crippen LogP contribution in [0.4, 0.5) is 0 Å². The highest BCUT2D eigenvalue weighted by Gasteiger charge is 2.69. The van der Waals surface area contributed by atoms with Crippen molar-refractivity contribution in [2.45, 2.75) is 52.4 Å². The third-order valence-corrected chi connectivity index (χ3v) is 8.26. The molecule has 4 bridgehead atoms. The van der Waals surface area contributed by atoms with Gasteiger partial charge in [0.2, 0.25) is 0 Å². The molecule has 0 heterocycles. The average Bonchev–Trinajstić information content (AvgIpc) is 2.76. The lowest BCUT2D eigenvalue weighted by Crippen LogP contribution is -2.63. The van der Waals surface area contributed by atoms with Crippen LogP contribution in [0.3, 0.4) is 0 Å². The van der Waals surface area contributed by atoms with Gasteiger partial charge in [0.1, 0.15) is 11.5 Å². The summed E-state index contributed by atoms with van der Waals surface area (Å²) < 4.78 is 10.6. The first-order valence-electron chi connectivity index (χ1n) is 11.5. The van der Waals surface area contributed by atoms with Crippen LogP contribution < -0.4 is 9.47 Å². The number of carbonyl (C=O) groups excluding carboxylic acids is 2. The van der Waals surface area contributed by atoms with Crippen LogP contribution in [0.2, 0.25) is 0 Å². The molecule has 0 unspecified atom stereocenters. The van der Waals surface area contributed by atoms with Gasteiger partial charge in [-0.3, -0.25) is 9.59 Å². The second kappa shape index (κ2) is 6.94. The van der Waals surface area contributed by atoms with Crippen LogP contribution in [-0.2, 0) is 0 Å². The highest BCUT2D eigenvalue weighted by molar-refractivity contribution is 6.04. The second-order valence-corrected chi connectivity index (χ2v) is 11.4. The maximum atomic E-state index is 14.0. The number of ketones is 2. The maximum absolute atomic E-state index is 14.0. The fourth-order valence-corrected chi connectivity index (χ4v) is 8.27. The molecule has 0 amide bonds. The van der Waals surface area contributed by atoms with Crippen LogP contribution in [0, 0.1) is 21.7 Å². The molecule has 0 radical (unpaired) electrons. The number of carbonyl (C=O) groups is 2. The van der Waals surface area contributed by atoms with E-state index in [1.54, 1.807) is 14.2 Å². The van der Waals surface area contributed by atoms with Crippen molar-refractivity contribution >= 4 is 11.6 Å². The normalized spacial score (nSPS) is 34.9. The smallest absolute Gasteiger partial charge is 0.169 e. The predicted octanol–water partition coefficient (Wildman–Crippen LogP) is 6.14. The van der Waals surface area contributed by atoms with Gasteiger partial charge in [0.05, 0.1) is 14.2 Å². The number of methoxy groups -OCH3 is 2. The Labute approximate surface area is 190 Å². The number of hydrogen-bond donors (Lipinski definition) is 0. The monoisotopic (exact) mass is 432 g/mol. The van der Waals surface area contributed by atoms with E-state index < -0.39 is 10.8 Å². The minimum Gasteiger partial charge on any atom is -0.497 e. The van der Waals surface area contributed by atoms with E-state index in [2.05, 4.69) is 13.8 Å². The van der Waals surface area contributed by atoms with Gasteiger partial charge in [0, 0.05) is 22.0 Å². The number of ether oxygens (including phenoxy) is 2. The van der Waals surface area contributed by atoms with Crippen molar-refractivity contribution in [2.24, 2.45) is 21.7 Å². The summed E-state index contributed by atoms with van der Waals surface area (Å²) >= 11 is 0. The molecule has 0 spiro atoms. The molecule has 4 nitrogen and oxygen atoms in total. The lowest BCUT2D eigenvalue weighted by Gasteiger charge is -2.68. The molecule has 4 aliphatic rings. The molecular weight excluding hydrogens is 400 g/mol. The lowest BCUT2D eigenvalue weighted by atomic mass is 9.34. The third kappa shape index (κ3) is 3.18. The molecule has 168 valence electrons. The second-order valence-electron chi connectivity index (χ2n) is 11.4. The fourth-order valence-electron chi connectivity index (χ4n) is 8.27. The van der Waals surface area contributed by atoms with Crippen LogP contribution in [0.25, 0.3) is 0 Å². The molecule has 0 aliphatic heterocycles. The minimum absolute atomic E-state index is 0.00770. The zero-order valence-corrected chi connectivity index (χ0v) is 19.5. The first kappa shape index (κ1) is 21.2. The van der Waals surface area contributed by atoms with Gasteiger partial charge in [-0.1, -0.05) is 13.8 Å². The van der Waals surface area contributed by atoms with Gasteiger partial charge in [-0.2, -0.15) is 0 Å². The summed E-state index contributed by atoms with van der Waals surface area (Å²) in [6.07, 6.45) is 5.24. The first-order chi connectivity index (χ1) is 15.1. The van der Waals surface area contributed by atoms with Gasteiger partial charge in [-0.15, -0.1) is 0 Å². The minimum atomic E-state index is -0.477. The third-order valence-electron chi connectivity index (χ3n) is 8.26. The molecule has 4 heteroatoms. The van der Waals surface area contributed by atoms with E-state index in [0.717, 1.165) is 54.7 Å². The van der Waals surface area contributed by atoms with Crippen LogP contribution >= 0.6 is 0 Å². The molecule has 0 aromatic heterocycles. The van der Waals surface area contributed by atoms with Crippen molar-refractivity contribution < 1.29 is 19.1 Å². The van der Waals surface area contributed by atoms with Crippen molar-refractivity contribution in [1.29, 1.82) is 0 Å². The Morgan fingerprint density at radius 1 is 0.594 bits per heavy atom. The van der Waals surface area contributed by atoms with Crippen molar-refractivity contribution in [3.63, 3.8) is 0 Å². The first-order valence-corrected chi connectivity index (χ1v) is 11.5. The van der Waals surface area contributed by atoms with Crippen LogP contribution in [0.5, 0.6) is 11.5 Å². The zero-order chi connectivity index (χ0) is 22.8. The molecule has 0 atom stereocenters. The molecule has 4 saturated carbocycles. The molecule has 6 rings (SSSR count). The Morgan fingerprint density at radius 2 is 0.938 bits per heavy atom. The molecular formula is C28H32O4. The van der Waals surface area contributed by atoms with E-state index in [9.17, 15) is 9.59 Å². The van der Waals surface area contributed by atoms with E-state index in [4.69, 9.17) is 9.47 Å². The summed E-state index contributed by atoms with van der Waals surface area (Å²) in [6, 6.07) is 14.9. The molecule has 0 saturated heterocycles. The van der Waals surface area contributed by atoms with Gasteiger partial charge in [0.15, 0.2) is 11.6 Å². The van der Waals surface area contributed by atoms with Crippen molar-refractivity contribution in [2.75, 3.05) is 14.2 Å². The number of Topliss-reactive ketones (excluding diaryl/α,β-unsaturated/α-hetero) is 2. The number of hydrogen-bond acceptors (Lipinski definition) is 4. The van der Waals surface area contributed by atoms with E-state index in [1.165, 1.54) is 0 Å². The molecule has 4 aliphatic carbocycles. The Bertz CT molecular complexity index is 966. The quantitative estimate of drug-likeness (QED) is 0.515. The average molecular weight is 433 g/mol. The van der Waals surface area contributed by atoms with Crippen molar-refractivity contribution in [1.82, 2.24) is 0 Å². The van der Waals surface area contributed by atoms with Gasteiger partial charge in [-0.05, 0) is 97.9 Å². The Morgan fingerprint density at radius 3 is 1.25 bits per heavy atom. The molecule has 4 fully saturated rings. The standard InChI is InChI=1S/C28H32O4/c1-25-13-26(2)16-27(14-25,23(29)19-5-9-21(31-3)10-6-19)18-28(15-25,17-26)24(30)20-7-11-22(32-4)12-8-20/h5-12H,13-18H2,1-4H3. The lowest BCUT2D eigenvalue weighted by molar-refractivity contribution is -0.154. The molecule has 32 heavy (non-hydrogen) atoms. The van der Waals surface area contributed by atoms with E-state index in [0.29, 0.717) is 6.42 Å². The number of rotatable bonds is 6. The van der Waals surface area contributed by atoms with Gasteiger partial charge < -0.3 is 9.47 Å². The summed E-state index contributed by atoms with van der Waals surface area (Å²) in [6.45, 7) is 4.60. The summed E-state index contributed by atoms with van der Waals surface area (Å²) in [5, 5.41) is 0. The summed E-state index contributed by atoms with van der Waals surface area (Å²) in [7, 11) is 3.26. The Hall–Kier alpha value is -2.62. The molecule has 2 aromatic carbocycles.